The molecule has 1 aliphatic rings. The van der Waals surface area contributed by atoms with Gasteiger partial charge < -0.3 is 15.5 Å². The van der Waals surface area contributed by atoms with Crippen molar-refractivity contribution in [3.63, 3.8) is 0 Å². The van der Waals surface area contributed by atoms with Crippen molar-refractivity contribution in [1.29, 1.82) is 0 Å². The van der Waals surface area contributed by atoms with Crippen LogP contribution in [0.3, 0.4) is 0 Å². The minimum absolute atomic E-state index is 0.172. The first-order valence-corrected chi connectivity index (χ1v) is 10.9. The number of benzene rings is 2. The van der Waals surface area contributed by atoms with Gasteiger partial charge in [-0.05, 0) is 43.7 Å². The van der Waals surface area contributed by atoms with Gasteiger partial charge in [0.2, 0.25) is 0 Å². The molecule has 2 aromatic carbocycles. The van der Waals surface area contributed by atoms with E-state index in [2.05, 4.69) is 25.7 Å². The molecule has 4 aromatic rings. The predicted molar refractivity (Wildman–Crippen MR) is 124 cm³/mol. The van der Waals surface area contributed by atoms with Crippen LogP contribution in [0.2, 0.25) is 0 Å². The highest BCUT2D eigenvalue weighted by Gasteiger charge is 2.19. The molecule has 0 aliphatic carbocycles. The number of nitrogens with one attached hydrogen (secondary N) is 2. The van der Waals surface area contributed by atoms with Gasteiger partial charge in [0.25, 0.3) is 5.78 Å². The summed E-state index contributed by atoms with van der Waals surface area (Å²) in [5.41, 5.74) is 3.98. The lowest BCUT2D eigenvalue weighted by Crippen LogP contribution is -2.32. The van der Waals surface area contributed by atoms with E-state index < -0.39 is 5.82 Å². The number of urea groups is 1. The Morgan fingerprint density at radius 2 is 1.88 bits per heavy atom. The molecule has 0 bridgehead atoms. The first-order valence-electron chi connectivity index (χ1n) is 10.9. The van der Waals surface area contributed by atoms with Crippen LogP contribution in [0.1, 0.15) is 18.4 Å². The van der Waals surface area contributed by atoms with Crippen molar-refractivity contribution in [2.24, 2.45) is 0 Å². The molecule has 1 saturated heterocycles. The first kappa shape index (κ1) is 21.0. The van der Waals surface area contributed by atoms with Crippen LogP contribution in [-0.2, 0) is 6.54 Å². The third-order valence-corrected chi connectivity index (χ3v) is 5.71. The number of halogens is 1. The summed E-state index contributed by atoms with van der Waals surface area (Å²) in [5.74, 6) is -0.0654. The van der Waals surface area contributed by atoms with Crippen LogP contribution in [0.15, 0.2) is 54.9 Å². The fourth-order valence-electron chi connectivity index (χ4n) is 3.97. The Balaban J connectivity index is 1.42. The summed E-state index contributed by atoms with van der Waals surface area (Å²) in [7, 11) is 1.91. The number of hydrogen-bond donors (Lipinski definition) is 2. The number of nitrogens with zero attached hydrogens (tertiary/aromatic N) is 5. The fraction of sp³-hybridized carbons (Fsp3) is 0.250. The molecule has 1 aliphatic heterocycles. The molecule has 8 nitrogen and oxygen atoms in total. The van der Waals surface area contributed by atoms with Crippen molar-refractivity contribution in [2.75, 3.05) is 25.5 Å². The molecule has 9 heteroatoms. The molecule has 0 spiro atoms. The largest absolute Gasteiger partial charge is 0.325 e. The number of aromatic nitrogens is 4. The number of amides is 2. The van der Waals surface area contributed by atoms with Gasteiger partial charge in [0.15, 0.2) is 0 Å². The van der Waals surface area contributed by atoms with Crippen molar-refractivity contribution in [3.8, 4) is 22.5 Å². The summed E-state index contributed by atoms with van der Waals surface area (Å²) in [5, 5.41) is 10.6. The van der Waals surface area contributed by atoms with E-state index in [0.29, 0.717) is 22.9 Å². The van der Waals surface area contributed by atoms with E-state index in [0.717, 1.165) is 38.0 Å². The van der Waals surface area contributed by atoms with Crippen LogP contribution in [0, 0.1) is 5.82 Å². The van der Waals surface area contributed by atoms with Crippen molar-refractivity contribution in [3.05, 3.63) is 66.2 Å². The molecular formula is C24H24FN7O. The maximum atomic E-state index is 14.6. The fourth-order valence-corrected chi connectivity index (χ4v) is 3.97. The minimum Gasteiger partial charge on any atom is -0.325 e. The molecule has 33 heavy (non-hydrogen) atoms. The molecule has 168 valence electrons. The van der Waals surface area contributed by atoms with Crippen LogP contribution < -0.4 is 10.6 Å². The Kier molecular flexibility index (Phi) is 5.70. The molecule has 2 N–H and O–H groups in total. The van der Waals surface area contributed by atoms with Crippen LogP contribution in [0.5, 0.6) is 0 Å². The van der Waals surface area contributed by atoms with Gasteiger partial charge in [0.05, 0.1) is 18.1 Å². The lowest BCUT2D eigenvalue weighted by molar-refractivity contribution is 0.222. The van der Waals surface area contributed by atoms with Gasteiger partial charge in [0.1, 0.15) is 11.5 Å². The SMILES string of the molecule is CNCc1ccc(-c2cnc3nc(-c4cc(NC(=O)N5CCCC5)ccc4F)cn3n2)cc1. The smallest absolute Gasteiger partial charge is 0.321 e. The monoisotopic (exact) mass is 445 g/mol. The second-order valence-electron chi connectivity index (χ2n) is 8.06. The van der Waals surface area contributed by atoms with Gasteiger partial charge in [-0.3, -0.25) is 0 Å². The third-order valence-electron chi connectivity index (χ3n) is 5.71. The number of carbonyl (C=O) groups is 1. The van der Waals surface area contributed by atoms with Crippen molar-refractivity contribution in [2.45, 2.75) is 19.4 Å². The molecule has 5 rings (SSSR count). The third kappa shape index (κ3) is 4.40. The Hall–Kier alpha value is -3.85. The van der Waals surface area contributed by atoms with E-state index in [1.165, 1.54) is 11.6 Å². The summed E-state index contributed by atoms with van der Waals surface area (Å²) in [4.78, 5) is 23.0. The van der Waals surface area contributed by atoms with Gasteiger partial charge in [-0.25, -0.2) is 23.7 Å². The summed E-state index contributed by atoms with van der Waals surface area (Å²) in [6.07, 6.45) is 5.31. The summed E-state index contributed by atoms with van der Waals surface area (Å²) in [6, 6.07) is 12.4. The van der Waals surface area contributed by atoms with E-state index in [-0.39, 0.29) is 11.6 Å². The Morgan fingerprint density at radius 1 is 1.09 bits per heavy atom. The van der Waals surface area contributed by atoms with Crippen molar-refractivity contribution in [1.82, 2.24) is 29.8 Å². The second kappa shape index (κ2) is 8.95. The molecule has 2 aromatic heterocycles. The highest BCUT2D eigenvalue weighted by Crippen LogP contribution is 2.26. The number of hydrogen-bond acceptors (Lipinski definition) is 5. The van der Waals surface area contributed by atoms with Crippen LogP contribution in [-0.4, -0.2) is 50.7 Å². The van der Waals surface area contributed by atoms with Gasteiger partial charge in [0, 0.05) is 36.4 Å². The average Bonchev–Trinajstić information content (AvgIpc) is 3.51. The van der Waals surface area contributed by atoms with Crippen LogP contribution in [0.4, 0.5) is 14.9 Å². The van der Waals surface area contributed by atoms with Gasteiger partial charge in [-0.1, -0.05) is 24.3 Å². The molecule has 0 saturated carbocycles. The number of carbonyl (C=O) groups excluding carboxylic acids is 1. The van der Waals surface area contributed by atoms with Crippen LogP contribution in [0.25, 0.3) is 28.3 Å². The zero-order valence-corrected chi connectivity index (χ0v) is 18.3. The second-order valence-corrected chi connectivity index (χ2v) is 8.06. The number of rotatable bonds is 5. The van der Waals surface area contributed by atoms with E-state index in [9.17, 15) is 9.18 Å². The number of fused-ring (bicyclic) bond motifs is 1. The van der Waals surface area contributed by atoms with Crippen LogP contribution >= 0.6 is 0 Å². The number of imidazole rings is 1. The molecule has 1 fully saturated rings. The van der Waals surface area contributed by atoms with Gasteiger partial charge >= 0.3 is 6.03 Å². The topological polar surface area (TPSA) is 87.4 Å². The van der Waals surface area contributed by atoms with Gasteiger partial charge in [-0.2, -0.15) is 5.10 Å². The average molecular weight is 446 g/mol. The predicted octanol–water partition coefficient (Wildman–Crippen LogP) is 3.94. The highest BCUT2D eigenvalue weighted by molar-refractivity contribution is 5.90. The lowest BCUT2D eigenvalue weighted by atomic mass is 10.1. The van der Waals surface area contributed by atoms with Crippen molar-refractivity contribution >= 4 is 17.5 Å². The number of anilines is 1. The normalized spacial score (nSPS) is 13.6. The van der Waals surface area contributed by atoms with E-state index in [1.54, 1.807) is 33.9 Å². The Bertz CT molecular complexity index is 1300. The summed E-state index contributed by atoms with van der Waals surface area (Å²) >= 11 is 0. The van der Waals surface area contributed by atoms with E-state index in [1.807, 2.05) is 31.3 Å². The molecule has 3 heterocycles. The quantitative estimate of drug-likeness (QED) is 0.486. The maximum absolute atomic E-state index is 14.6. The van der Waals surface area contributed by atoms with E-state index in [4.69, 9.17) is 0 Å². The highest BCUT2D eigenvalue weighted by atomic mass is 19.1. The van der Waals surface area contributed by atoms with E-state index >= 15 is 0 Å². The summed E-state index contributed by atoms with van der Waals surface area (Å²) in [6.45, 7) is 2.27. The zero-order chi connectivity index (χ0) is 22.8. The molecular weight excluding hydrogens is 421 g/mol. The summed E-state index contributed by atoms with van der Waals surface area (Å²) < 4.78 is 16.2. The first-order chi connectivity index (χ1) is 16.1. The Labute approximate surface area is 190 Å². The molecule has 0 atom stereocenters. The Morgan fingerprint density at radius 3 is 2.64 bits per heavy atom. The minimum atomic E-state index is -0.432. The maximum Gasteiger partial charge on any atom is 0.321 e. The van der Waals surface area contributed by atoms with Gasteiger partial charge in [-0.15, -0.1) is 0 Å². The van der Waals surface area contributed by atoms with Crippen molar-refractivity contribution < 1.29 is 9.18 Å². The molecule has 0 radical (unpaired) electrons. The lowest BCUT2D eigenvalue weighted by Gasteiger charge is -2.16. The number of likely N-dealkylation sites (tertiary alicyclic amines) is 1. The molecule has 2 amide bonds. The zero-order valence-electron chi connectivity index (χ0n) is 18.3. The molecule has 0 unspecified atom stereocenters. The standard InChI is InChI=1S/C24H24FN7O/c1-26-13-16-4-6-17(7-5-16)21-14-27-23-29-22(15-32(23)30-21)19-12-18(8-9-20(19)25)28-24(33)31-10-2-3-11-31/h4-9,12,14-15,26H,2-3,10-11,13H2,1H3,(H,28,33).